The normalized spacial score (nSPS) is 10.4. The summed E-state index contributed by atoms with van der Waals surface area (Å²) in [5.74, 6) is 2.98. The van der Waals surface area contributed by atoms with E-state index in [2.05, 4.69) is 31.2 Å². The third kappa shape index (κ3) is 3.10. The van der Waals surface area contributed by atoms with Crippen LogP contribution in [0.2, 0.25) is 0 Å². The average molecular weight is 336 g/mol. The van der Waals surface area contributed by atoms with Crippen LogP contribution in [0.5, 0.6) is 11.6 Å². The van der Waals surface area contributed by atoms with E-state index < -0.39 is 0 Å². The summed E-state index contributed by atoms with van der Waals surface area (Å²) in [4.78, 5) is 8.91. The zero-order chi connectivity index (χ0) is 14.7. The largest absolute Gasteiger partial charge is 0.438 e. The second kappa shape index (κ2) is 6.22. The number of ether oxygens (including phenoxy) is 1. The van der Waals surface area contributed by atoms with E-state index in [0.717, 1.165) is 39.4 Å². The molecule has 1 aromatic heterocycles. The molecule has 0 aliphatic carbocycles. The molecule has 0 bridgehead atoms. The molecule has 106 valence electrons. The van der Waals surface area contributed by atoms with Crippen LogP contribution in [-0.4, -0.2) is 17.0 Å². The summed E-state index contributed by atoms with van der Waals surface area (Å²) in [6.45, 7) is 5.99. The van der Waals surface area contributed by atoms with Crippen molar-refractivity contribution >= 4 is 21.7 Å². The van der Waals surface area contributed by atoms with Crippen molar-refractivity contribution < 1.29 is 4.74 Å². The first kappa shape index (κ1) is 14.8. The number of aryl methyl sites for hydroxylation is 2. The first-order chi connectivity index (χ1) is 9.55. The van der Waals surface area contributed by atoms with Crippen LogP contribution in [0.1, 0.15) is 23.9 Å². The molecular formula is C15H18BrN3O. The van der Waals surface area contributed by atoms with Crippen molar-refractivity contribution in [3.05, 3.63) is 39.6 Å². The average Bonchev–Trinajstić information content (AvgIpc) is 2.43. The molecule has 1 N–H and O–H groups in total. The highest BCUT2D eigenvalue weighted by Crippen LogP contribution is 2.30. The Hall–Kier alpha value is -1.62. The van der Waals surface area contributed by atoms with E-state index in [1.807, 2.05) is 46.0 Å². The highest BCUT2D eigenvalue weighted by atomic mass is 79.9. The van der Waals surface area contributed by atoms with Crippen LogP contribution in [0.25, 0.3) is 0 Å². The Kier molecular flexibility index (Phi) is 4.60. The van der Waals surface area contributed by atoms with Gasteiger partial charge in [0.25, 0.3) is 0 Å². The van der Waals surface area contributed by atoms with E-state index in [1.54, 1.807) is 0 Å². The minimum absolute atomic E-state index is 0.603. The maximum atomic E-state index is 5.97. The monoisotopic (exact) mass is 335 g/mol. The number of hydrogen-bond acceptors (Lipinski definition) is 4. The Morgan fingerprint density at radius 3 is 2.60 bits per heavy atom. The van der Waals surface area contributed by atoms with Gasteiger partial charge in [0.05, 0.1) is 5.56 Å². The second-order valence-electron chi connectivity index (χ2n) is 4.53. The van der Waals surface area contributed by atoms with E-state index in [0.29, 0.717) is 5.88 Å². The summed E-state index contributed by atoms with van der Waals surface area (Å²) >= 11 is 3.45. The van der Waals surface area contributed by atoms with Gasteiger partial charge in [-0.25, -0.2) is 4.98 Å². The molecule has 0 saturated heterocycles. The van der Waals surface area contributed by atoms with E-state index in [4.69, 9.17) is 4.74 Å². The third-order valence-corrected chi connectivity index (χ3v) is 3.54. The van der Waals surface area contributed by atoms with Gasteiger partial charge in [0, 0.05) is 17.9 Å². The zero-order valence-corrected chi connectivity index (χ0v) is 13.7. The third-order valence-electron chi connectivity index (χ3n) is 3.04. The molecule has 0 saturated carbocycles. The van der Waals surface area contributed by atoms with E-state index >= 15 is 0 Å². The number of benzene rings is 1. The lowest BCUT2D eigenvalue weighted by atomic mass is 10.2. The van der Waals surface area contributed by atoms with Crippen LogP contribution in [-0.2, 0) is 6.42 Å². The zero-order valence-electron chi connectivity index (χ0n) is 12.1. The van der Waals surface area contributed by atoms with Gasteiger partial charge in [-0.2, -0.15) is 4.98 Å². The first-order valence-corrected chi connectivity index (χ1v) is 7.33. The number of hydrogen-bond donors (Lipinski definition) is 1. The lowest BCUT2D eigenvalue weighted by Crippen LogP contribution is -2.05. The molecule has 1 aromatic carbocycles. The van der Waals surface area contributed by atoms with Gasteiger partial charge in [-0.05, 0) is 37.6 Å². The molecule has 2 rings (SSSR count). The lowest BCUT2D eigenvalue weighted by molar-refractivity contribution is 0.451. The van der Waals surface area contributed by atoms with Gasteiger partial charge in [0.15, 0.2) is 0 Å². The van der Waals surface area contributed by atoms with Crippen molar-refractivity contribution in [3.8, 4) is 11.6 Å². The summed E-state index contributed by atoms with van der Waals surface area (Å²) in [6, 6.07) is 5.91. The highest BCUT2D eigenvalue weighted by molar-refractivity contribution is 9.10. The lowest BCUT2D eigenvalue weighted by Gasteiger charge is -2.13. The molecule has 0 fully saturated rings. The molecular weight excluding hydrogens is 318 g/mol. The van der Waals surface area contributed by atoms with E-state index in [9.17, 15) is 0 Å². The summed E-state index contributed by atoms with van der Waals surface area (Å²) in [5.41, 5.74) is 1.97. The van der Waals surface area contributed by atoms with Crippen LogP contribution >= 0.6 is 15.9 Å². The highest BCUT2D eigenvalue weighted by Gasteiger charge is 2.12. The van der Waals surface area contributed by atoms with Gasteiger partial charge in [0.1, 0.15) is 17.4 Å². The minimum Gasteiger partial charge on any atom is -0.438 e. The van der Waals surface area contributed by atoms with Crippen molar-refractivity contribution in [3.63, 3.8) is 0 Å². The molecule has 1 heterocycles. The Labute approximate surface area is 127 Å². The Bertz CT molecular complexity index is 629. The van der Waals surface area contributed by atoms with Crippen LogP contribution < -0.4 is 10.1 Å². The molecule has 0 aliphatic heterocycles. The first-order valence-electron chi connectivity index (χ1n) is 6.54. The summed E-state index contributed by atoms with van der Waals surface area (Å²) in [5, 5.41) is 3.08. The van der Waals surface area contributed by atoms with Gasteiger partial charge < -0.3 is 10.1 Å². The van der Waals surface area contributed by atoms with Crippen molar-refractivity contribution in [2.75, 3.05) is 12.4 Å². The predicted molar refractivity (Wildman–Crippen MR) is 84.6 cm³/mol. The van der Waals surface area contributed by atoms with Gasteiger partial charge in [-0.1, -0.05) is 22.9 Å². The molecule has 5 heteroatoms. The minimum atomic E-state index is 0.603. The fourth-order valence-corrected chi connectivity index (χ4v) is 2.35. The molecule has 0 radical (unpaired) electrons. The Balaban J connectivity index is 2.42. The van der Waals surface area contributed by atoms with Crippen LogP contribution in [0, 0.1) is 13.8 Å². The smallest absolute Gasteiger partial charge is 0.227 e. The Morgan fingerprint density at radius 1 is 1.25 bits per heavy atom. The summed E-state index contributed by atoms with van der Waals surface area (Å²) in [6.07, 6.45) is 0.768. The maximum absolute atomic E-state index is 5.97. The second-order valence-corrected chi connectivity index (χ2v) is 5.45. The molecule has 0 aliphatic rings. The number of halogens is 1. The Morgan fingerprint density at radius 2 is 2.00 bits per heavy atom. The summed E-state index contributed by atoms with van der Waals surface area (Å²) in [7, 11) is 1.85. The SMILES string of the molecule is CCc1nc(NC)c(C)c(Oc2ccc(Br)cc2C)n1. The van der Waals surface area contributed by atoms with Crippen LogP contribution in [0.15, 0.2) is 22.7 Å². The molecule has 4 nitrogen and oxygen atoms in total. The topological polar surface area (TPSA) is 47.0 Å². The van der Waals surface area contributed by atoms with E-state index in [1.165, 1.54) is 0 Å². The molecule has 2 aromatic rings. The van der Waals surface area contributed by atoms with Crippen molar-refractivity contribution in [1.29, 1.82) is 0 Å². The maximum Gasteiger partial charge on any atom is 0.227 e. The molecule has 20 heavy (non-hydrogen) atoms. The van der Waals surface area contributed by atoms with Crippen molar-refractivity contribution in [2.24, 2.45) is 0 Å². The predicted octanol–water partition coefficient (Wildman–Crippen LogP) is 4.25. The quantitative estimate of drug-likeness (QED) is 0.907. The van der Waals surface area contributed by atoms with Crippen LogP contribution in [0.3, 0.4) is 0 Å². The van der Waals surface area contributed by atoms with Gasteiger partial charge >= 0.3 is 0 Å². The van der Waals surface area contributed by atoms with Crippen molar-refractivity contribution in [2.45, 2.75) is 27.2 Å². The summed E-state index contributed by atoms with van der Waals surface area (Å²) < 4.78 is 7.00. The number of nitrogens with zero attached hydrogens (tertiary/aromatic N) is 2. The van der Waals surface area contributed by atoms with Gasteiger partial charge in [-0.3, -0.25) is 0 Å². The van der Waals surface area contributed by atoms with Gasteiger partial charge in [0.2, 0.25) is 5.88 Å². The molecule has 0 amide bonds. The fraction of sp³-hybridized carbons (Fsp3) is 0.333. The number of rotatable bonds is 4. The molecule has 0 spiro atoms. The molecule has 0 atom stereocenters. The molecule has 0 unspecified atom stereocenters. The number of anilines is 1. The van der Waals surface area contributed by atoms with Gasteiger partial charge in [-0.15, -0.1) is 0 Å². The standard InChI is InChI=1S/C15H18BrN3O/c1-5-13-18-14(17-4)10(3)15(19-13)20-12-7-6-11(16)8-9(12)2/h6-8H,5H2,1-4H3,(H,17,18,19). The van der Waals surface area contributed by atoms with E-state index in [-0.39, 0.29) is 0 Å². The number of nitrogens with one attached hydrogen (secondary N) is 1. The van der Waals surface area contributed by atoms with Crippen LogP contribution in [0.4, 0.5) is 5.82 Å². The van der Waals surface area contributed by atoms with Crippen molar-refractivity contribution in [1.82, 2.24) is 9.97 Å². The number of aromatic nitrogens is 2. The fourth-order valence-electron chi connectivity index (χ4n) is 1.87.